The molecule has 0 radical (unpaired) electrons. The Balaban J connectivity index is 1.90. The molecule has 1 aliphatic rings. The fourth-order valence-electron chi connectivity index (χ4n) is 2.32. The molecule has 104 valence electrons. The molecule has 1 saturated heterocycles. The zero-order valence-electron chi connectivity index (χ0n) is 11.1. The third-order valence-electron chi connectivity index (χ3n) is 3.47. The van der Waals surface area contributed by atoms with Gasteiger partial charge in [0.2, 0.25) is 5.91 Å². The lowest BCUT2D eigenvalue weighted by Gasteiger charge is -2.28. The number of amides is 1. The minimum absolute atomic E-state index is 0.0361. The number of aliphatic hydroxyl groups is 1. The fraction of sp³-hybridized carbons (Fsp3) is 0.500. The molecule has 1 amide bonds. The van der Waals surface area contributed by atoms with Gasteiger partial charge in [0, 0.05) is 13.6 Å². The summed E-state index contributed by atoms with van der Waals surface area (Å²) in [5.74, 6) is 0.155. The van der Waals surface area contributed by atoms with E-state index in [9.17, 15) is 15.0 Å². The first kappa shape index (κ1) is 13.8. The highest BCUT2D eigenvalue weighted by molar-refractivity contribution is 5.78. The molecule has 0 aliphatic carbocycles. The normalized spacial score (nSPS) is 22.4. The topological polar surface area (TPSA) is 72.8 Å². The van der Waals surface area contributed by atoms with Crippen molar-refractivity contribution in [1.29, 1.82) is 0 Å². The Morgan fingerprint density at radius 1 is 1.42 bits per heavy atom. The Hall–Kier alpha value is -1.59. The van der Waals surface area contributed by atoms with Crippen molar-refractivity contribution in [2.45, 2.75) is 18.4 Å². The number of phenols is 1. The van der Waals surface area contributed by atoms with Crippen LogP contribution >= 0.6 is 0 Å². The second-order valence-electron chi connectivity index (χ2n) is 5.24. The lowest BCUT2D eigenvalue weighted by Crippen LogP contribution is -2.45. The smallest absolute Gasteiger partial charge is 0.226 e. The number of β-amino-alcohol motifs (C(OH)–C–C–N with tert-alkyl or cyclic N) is 1. The first-order valence-corrected chi connectivity index (χ1v) is 6.43. The number of rotatable bonds is 4. The molecule has 0 spiro atoms. The highest BCUT2D eigenvalue weighted by Crippen LogP contribution is 2.16. The quantitative estimate of drug-likeness (QED) is 0.722. The summed E-state index contributed by atoms with van der Waals surface area (Å²) in [7, 11) is 1.71. The molecule has 5 heteroatoms. The molecule has 0 saturated carbocycles. The molecule has 3 N–H and O–H groups in total. The van der Waals surface area contributed by atoms with Crippen LogP contribution in [-0.2, 0) is 11.2 Å². The monoisotopic (exact) mass is 264 g/mol. The third kappa shape index (κ3) is 3.68. The van der Waals surface area contributed by atoms with E-state index in [1.54, 1.807) is 36.2 Å². The van der Waals surface area contributed by atoms with Crippen LogP contribution in [0.5, 0.6) is 5.75 Å². The molecule has 2 rings (SSSR count). The van der Waals surface area contributed by atoms with E-state index in [2.05, 4.69) is 5.32 Å². The van der Waals surface area contributed by atoms with E-state index in [4.69, 9.17) is 0 Å². The van der Waals surface area contributed by atoms with Crippen molar-refractivity contribution in [3.63, 3.8) is 0 Å². The first-order valence-electron chi connectivity index (χ1n) is 6.43. The molecule has 1 aromatic rings. The van der Waals surface area contributed by atoms with Crippen LogP contribution in [0.15, 0.2) is 24.3 Å². The summed E-state index contributed by atoms with van der Waals surface area (Å²) < 4.78 is 0. The van der Waals surface area contributed by atoms with Crippen LogP contribution in [0, 0.1) is 0 Å². The maximum absolute atomic E-state index is 12.1. The number of benzene rings is 1. The summed E-state index contributed by atoms with van der Waals surface area (Å²) in [6, 6.07) is 6.59. The minimum atomic E-state index is -0.806. The van der Waals surface area contributed by atoms with Crippen molar-refractivity contribution >= 4 is 5.91 Å². The zero-order chi connectivity index (χ0) is 13.9. The Labute approximate surface area is 112 Å². The highest BCUT2D eigenvalue weighted by Gasteiger charge is 2.33. The molecule has 1 aliphatic heterocycles. The van der Waals surface area contributed by atoms with E-state index in [1.165, 1.54) is 0 Å². The van der Waals surface area contributed by atoms with E-state index >= 15 is 0 Å². The van der Waals surface area contributed by atoms with Crippen LogP contribution in [0.1, 0.15) is 12.0 Å². The van der Waals surface area contributed by atoms with Crippen LogP contribution < -0.4 is 5.32 Å². The van der Waals surface area contributed by atoms with Gasteiger partial charge < -0.3 is 20.4 Å². The van der Waals surface area contributed by atoms with Crippen molar-refractivity contribution in [2.75, 3.05) is 26.7 Å². The van der Waals surface area contributed by atoms with Gasteiger partial charge in [0.25, 0.3) is 0 Å². The SMILES string of the molecule is CN(CC1(O)CCNC1)C(=O)Cc1ccc(O)cc1. The average Bonchev–Trinajstić information content (AvgIpc) is 2.78. The average molecular weight is 264 g/mol. The number of likely N-dealkylation sites (N-methyl/N-ethyl adjacent to an activating group) is 1. The molecule has 1 atom stereocenters. The molecular weight excluding hydrogens is 244 g/mol. The molecule has 19 heavy (non-hydrogen) atoms. The van der Waals surface area contributed by atoms with E-state index < -0.39 is 5.60 Å². The van der Waals surface area contributed by atoms with Crippen molar-refractivity contribution in [3.8, 4) is 5.75 Å². The summed E-state index contributed by atoms with van der Waals surface area (Å²) in [5.41, 5.74) is 0.0468. The van der Waals surface area contributed by atoms with E-state index in [1.807, 2.05) is 0 Å². The summed E-state index contributed by atoms with van der Waals surface area (Å²) in [6.07, 6.45) is 0.949. The Bertz CT molecular complexity index is 439. The Morgan fingerprint density at radius 2 is 2.11 bits per heavy atom. The van der Waals surface area contributed by atoms with Gasteiger partial charge >= 0.3 is 0 Å². The maximum Gasteiger partial charge on any atom is 0.226 e. The van der Waals surface area contributed by atoms with Gasteiger partial charge in [-0.05, 0) is 30.7 Å². The van der Waals surface area contributed by atoms with Gasteiger partial charge in [-0.1, -0.05) is 12.1 Å². The largest absolute Gasteiger partial charge is 0.508 e. The second-order valence-corrected chi connectivity index (χ2v) is 5.24. The van der Waals surface area contributed by atoms with Gasteiger partial charge in [-0.15, -0.1) is 0 Å². The van der Waals surface area contributed by atoms with Crippen molar-refractivity contribution in [1.82, 2.24) is 10.2 Å². The van der Waals surface area contributed by atoms with Gasteiger partial charge in [-0.2, -0.15) is 0 Å². The van der Waals surface area contributed by atoms with E-state index in [0.717, 1.165) is 12.1 Å². The summed E-state index contributed by atoms with van der Waals surface area (Å²) >= 11 is 0. The van der Waals surface area contributed by atoms with Gasteiger partial charge in [0.1, 0.15) is 5.75 Å². The summed E-state index contributed by atoms with van der Waals surface area (Å²) in [6.45, 7) is 1.66. The first-order chi connectivity index (χ1) is 8.98. The number of phenolic OH excluding ortho intramolecular Hbond substituents is 1. The van der Waals surface area contributed by atoms with Gasteiger partial charge in [-0.25, -0.2) is 0 Å². The summed E-state index contributed by atoms with van der Waals surface area (Å²) in [4.78, 5) is 13.6. The second kappa shape index (κ2) is 5.59. The molecule has 1 unspecified atom stereocenters. The van der Waals surface area contributed by atoms with Crippen molar-refractivity contribution in [2.24, 2.45) is 0 Å². The molecule has 5 nitrogen and oxygen atoms in total. The molecule has 0 bridgehead atoms. The standard InChI is InChI=1S/C14H20N2O3/c1-16(10-14(19)6-7-15-9-14)13(18)8-11-2-4-12(17)5-3-11/h2-5,15,17,19H,6-10H2,1H3. The van der Waals surface area contributed by atoms with E-state index in [0.29, 0.717) is 19.5 Å². The molecular formula is C14H20N2O3. The minimum Gasteiger partial charge on any atom is -0.508 e. The highest BCUT2D eigenvalue weighted by atomic mass is 16.3. The lowest BCUT2D eigenvalue weighted by atomic mass is 10.0. The maximum atomic E-state index is 12.1. The third-order valence-corrected chi connectivity index (χ3v) is 3.47. The van der Waals surface area contributed by atoms with Gasteiger partial charge in [0.05, 0.1) is 18.6 Å². The van der Waals surface area contributed by atoms with Crippen LogP contribution in [0.2, 0.25) is 0 Å². The van der Waals surface area contributed by atoms with Crippen LogP contribution in [0.4, 0.5) is 0 Å². The number of hydrogen-bond donors (Lipinski definition) is 3. The molecule has 1 aromatic carbocycles. The van der Waals surface area contributed by atoms with Crippen molar-refractivity contribution in [3.05, 3.63) is 29.8 Å². The zero-order valence-corrected chi connectivity index (χ0v) is 11.1. The van der Waals surface area contributed by atoms with Gasteiger partial charge in [-0.3, -0.25) is 4.79 Å². The molecule has 0 aromatic heterocycles. The number of hydrogen-bond acceptors (Lipinski definition) is 4. The number of carbonyl (C=O) groups excluding carboxylic acids is 1. The summed E-state index contributed by atoms with van der Waals surface area (Å²) in [5, 5.41) is 22.5. The molecule has 1 heterocycles. The lowest BCUT2D eigenvalue weighted by molar-refractivity contribution is -0.132. The van der Waals surface area contributed by atoms with E-state index in [-0.39, 0.29) is 18.1 Å². The van der Waals surface area contributed by atoms with Crippen LogP contribution in [0.25, 0.3) is 0 Å². The number of nitrogens with one attached hydrogen (secondary N) is 1. The predicted molar refractivity (Wildman–Crippen MR) is 71.9 cm³/mol. The predicted octanol–water partition coefficient (Wildman–Crippen LogP) is 0.117. The number of carbonyl (C=O) groups is 1. The Kier molecular flexibility index (Phi) is 4.07. The molecule has 1 fully saturated rings. The Morgan fingerprint density at radius 3 is 2.68 bits per heavy atom. The van der Waals surface area contributed by atoms with Crippen molar-refractivity contribution < 1.29 is 15.0 Å². The fourth-order valence-corrected chi connectivity index (χ4v) is 2.32. The van der Waals surface area contributed by atoms with Crippen LogP contribution in [0.3, 0.4) is 0 Å². The van der Waals surface area contributed by atoms with Crippen LogP contribution in [-0.4, -0.2) is 53.3 Å². The van der Waals surface area contributed by atoms with Gasteiger partial charge in [0.15, 0.2) is 0 Å². The number of nitrogens with zero attached hydrogens (tertiary/aromatic N) is 1. The number of aromatic hydroxyl groups is 1.